The van der Waals surface area contributed by atoms with Crippen molar-refractivity contribution in [2.24, 2.45) is 0 Å². The minimum absolute atomic E-state index is 0.0486. The molecule has 0 bridgehead atoms. The van der Waals surface area contributed by atoms with Crippen LogP contribution in [0.1, 0.15) is 21.5 Å². The molecule has 0 aromatic heterocycles. The van der Waals surface area contributed by atoms with Gasteiger partial charge in [0.25, 0.3) is 11.8 Å². The van der Waals surface area contributed by atoms with Crippen LogP contribution in [0.3, 0.4) is 0 Å². The Morgan fingerprint density at radius 2 is 1.55 bits per heavy atom. The molecule has 0 saturated heterocycles. The van der Waals surface area contributed by atoms with Crippen molar-refractivity contribution in [3.63, 3.8) is 0 Å². The van der Waals surface area contributed by atoms with Crippen LogP contribution >= 0.6 is 27.7 Å². The van der Waals surface area contributed by atoms with Crippen LogP contribution in [0.15, 0.2) is 107 Å². The van der Waals surface area contributed by atoms with Gasteiger partial charge in [0, 0.05) is 21.5 Å². The first-order chi connectivity index (χ1) is 18.4. The Morgan fingerprint density at radius 1 is 0.868 bits per heavy atom. The molecule has 38 heavy (non-hydrogen) atoms. The third-order valence-electron chi connectivity index (χ3n) is 5.68. The number of aliphatic carboxylic acids is 1. The van der Waals surface area contributed by atoms with E-state index in [2.05, 4.69) is 26.6 Å². The summed E-state index contributed by atoms with van der Waals surface area (Å²) in [5.41, 5.74) is 2.06. The molecule has 0 aliphatic carbocycles. The quantitative estimate of drug-likeness (QED) is 0.201. The Hall–Kier alpha value is -3.88. The monoisotopic (exact) mass is 588 g/mol. The van der Waals surface area contributed by atoms with Crippen LogP contribution in [0.5, 0.6) is 0 Å². The first-order valence-corrected chi connectivity index (χ1v) is 13.8. The number of hydrogen-bond acceptors (Lipinski definition) is 4. The van der Waals surface area contributed by atoms with Crippen molar-refractivity contribution in [1.29, 1.82) is 0 Å². The Morgan fingerprint density at radius 3 is 2.26 bits per heavy atom. The number of carboxylic acid groups (broad SMARTS) is 1. The van der Waals surface area contributed by atoms with Crippen LogP contribution < -0.4 is 10.6 Å². The topological polar surface area (TPSA) is 95.5 Å². The molecule has 2 amide bonds. The molecule has 0 saturated carbocycles. The second-order valence-corrected chi connectivity index (χ2v) is 10.4. The summed E-state index contributed by atoms with van der Waals surface area (Å²) in [6.07, 6.45) is 1.55. The molecule has 0 fully saturated rings. The van der Waals surface area contributed by atoms with Gasteiger partial charge in [0.05, 0.1) is 0 Å². The van der Waals surface area contributed by atoms with Crippen LogP contribution in [0.4, 0.5) is 0 Å². The van der Waals surface area contributed by atoms with Crippen molar-refractivity contribution in [2.45, 2.75) is 11.8 Å². The van der Waals surface area contributed by atoms with Gasteiger partial charge in [-0.1, -0.05) is 82.7 Å². The number of fused-ring (bicyclic) bond motifs is 1. The molecule has 8 heteroatoms. The normalized spacial score (nSPS) is 12.1. The van der Waals surface area contributed by atoms with Gasteiger partial charge in [0.1, 0.15) is 11.7 Å². The highest BCUT2D eigenvalue weighted by molar-refractivity contribution is 9.10. The maximum Gasteiger partial charge on any atom is 0.327 e. The standard InChI is InChI=1S/C30H25BrN2O4S/c31-25-14-12-23(13-15-25)28(34)32-26(17-21-10-11-22-8-4-5-9-24(22)16-21)29(35)33-27(30(36)37)19-38-18-20-6-2-1-3-7-20/h1-17,27H,18-19H2,(H,32,34)(H,33,35)(H,36,37)/b26-17+/t27-/m0/s1. The summed E-state index contributed by atoms with van der Waals surface area (Å²) >= 11 is 4.75. The van der Waals surface area contributed by atoms with Crippen LogP contribution in [-0.2, 0) is 15.3 Å². The van der Waals surface area contributed by atoms with Crippen molar-refractivity contribution in [2.75, 3.05) is 5.75 Å². The Balaban J connectivity index is 1.55. The van der Waals surface area contributed by atoms with Gasteiger partial charge in [0.2, 0.25) is 0 Å². The van der Waals surface area contributed by atoms with E-state index in [1.54, 1.807) is 30.3 Å². The van der Waals surface area contributed by atoms with Gasteiger partial charge in [-0.2, -0.15) is 11.8 Å². The molecule has 4 aromatic carbocycles. The van der Waals surface area contributed by atoms with Gasteiger partial charge in [0.15, 0.2) is 0 Å². The highest BCUT2D eigenvalue weighted by Crippen LogP contribution is 2.18. The van der Waals surface area contributed by atoms with E-state index in [1.165, 1.54) is 11.8 Å². The molecule has 4 aromatic rings. The molecule has 3 N–H and O–H groups in total. The maximum atomic E-state index is 13.3. The lowest BCUT2D eigenvalue weighted by Gasteiger charge is -2.17. The number of amides is 2. The van der Waals surface area contributed by atoms with E-state index in [9.17, 15) is 19.5 Å². The van der Waals surface area contributed by atoms with Gasteiger partial charge in [-0.15, -0.1) is 0 Å². The number of carboxylic acids is 1. The van der Waals surface area contributed by atoms with Gasteiger partial charge in [-0.25, -0.2) is 4.79 Å². The average Bonchev–Trinajstić information content (AvgIpc) is 2.92. The summed E-state index contributed by atoms with van der Waals surface area (Å²) < 4.78 is 0.816. The van der Waals surface area contributed by atoms with Gasteiger partial charge < -0.3 is 15.7 Å². The first-order valence-electron chi connectivity index (χ1n) is 11.8. The molecule has 192 valence electrons. The predicted octanol–water partition coefficient (Wildman–Crippen LogP) is 5.88. The van der Waals surface area contributed by atoms with E-state index in [1.807, 2.05) is 72.8 Å². The fraction of sp³-hybridized carbons (Fsp3) is 0.100. The van der Waals surface area contributed by atoms with E-state index in [-0.39, 0.29) is 11.4 Å². The number of halogens is 1. The molecule has 0 spiro atoms. The highest BCUT2D eigenvalue weighted by Gasteiger charge is 2.23. The maximum absolute atomic E-state index is 13.3. The van der Waals surface area contributed by atoms with E-state index < -0.39 is 23.8 Å². The summed E-state index contributed by atoms with van der Waals surface area (Å²) in [4.78, 5) is 38.2. The number of thioether (sulfide) groups is 1. The van der Waals surface area contributed by atoms with Gasteiger partial charge in [-0.3, -0.25) is 9.59 Å². The van der Waals surface area contributed by atoms with Crippen LogP contribution in [-0.4, -0.2) is 34.7 Å². The van der Waals surface area contributed by atoms with E-state index >= 15 is 0 Å². The molecular weight excluding hydrogens is 564 g/mol. The van der Waals surface area contributed by atoms with E-state index in [0.717, 1.165) is 20.8 Å². The largest absolute Gasteiger partial charge is 0.480 e. The SMILES string of the molecule is O=C(N[C@@H](CSCc1ccccc1)C(=O)O)/C(=C\c1ccc2ccccc2c1)NC(=O)c1ccc(Br)cc1. The van der Waals surface area contributed by atoms with Gasteiger partial charge >= 0.3 is 5.97 Å². The minimum atomic E-state index is -1.15. The van der Waals surface area contributed by atoms with Crippen LogP contribution in [0.2, 0.25) is 0 Å². The highest BCUT2D eigenvalue weighted by atomic mass is 79.9. The second kappa shape index (κ2) is 13.1. The molecule has 0 unspecified atom stereocenters. The van der Waals surface area contributed by atoms with Crippen molar-refractivity contribution >= 4 is 62.3 Å². The van der Waals surface area contributed by atoms with Crippen molar-refractivity contribution < 1.29 is 19.5 Å². The third-order valence-corrected chi connectivity index (χ3v) is 7.32. The number of carbonyl (C=O) groups excluding carboxylic acids is 2. The molecule has 1 atom stereocenters. The lowest BCUT2D eigenvalue weighted by molar-refractivity contribution is -0.140. The predicted molar refractivity (Wildman–Crippen MR) is 156 cm³/mol. The van der Waals surface area contributed by atoms with Crippen LogP contribution in [0.25, 0.3) is 16.8 Å². The van der Waals surface area contributed by atoms with Crippen molar-refractivity contribution in [1.82, 2.24) is 10.6 Å². The molecular formula is C30H25BrN2O4S. The van der Waals surface area contributed by atoms with Crippen molar-refractivity contribution in [3.8, 4) is 0 Å². The number of rotatable bonds is 10. The number of nitrogens with one attached hydrogen (secondary N) is 2. The Bertz CT molecular complexity index is 1470. The molecule has 0 aliphatic heterocycles. The number of carbonyl (C=O) groups is 3. The molecule has 4 rings (SSSR count). The van der Waals surface area contributed by atoms with Crippen molar-refractivity contribution in [3.05, 3.63) is 124 Å². The number of benzene rings is 4. The molecule has 0 radical (unpaired) electrons. The fourth-order valence-corrected chi connectivity index (χ4v) is 4.97. The zero-order valence-corrected chi connectivity index (χ0v) is 22.7. The molecule has 0 aliphatic rings. The first kappa shape index (κ1) is 27.2. The summed E-state index contributed by atoms with van der Waals surface area (Å²) in [5.74, 6) is -1.54. The third kappa shape index (κ3) is 7.57. The summed E-state index contributed by atoms with van der Waals surface area (Å²) in [6, 6.07) is 28.7. The lowest BCUT2D eigenvalue weighted by atomic mass is 10.1. The lowest BCUT2D eigenvalue weighted by Crippen LogP contribution is -2.45. The molecule has 6 nitrogen and oxygen atoms in total. The summed E-state index contributed by atoms with van der Waals surface area (Å²) in [7, 11) is 0. The summed E-state index contributed by atoms with van der Waals surface area (Å²) in [6.45, 7) is 0. The Kier molecular flexibility index (Phi) is 9.35. The van der Waals surface area contributed by atoms with Gasteiger partial charge in [-0.05, 0) is 58.3 Å². The molecule has 0 heterocycles. The fourth-order valence-electron chi connectivity index (χ4n) is 3.70. The average molecular weight is 590 g/mol. The van der Waals surface area contributed by atoms with E-state index in [0.29, 0.717) is 16.9 Å². The smallest absolute Gasteiger partial charge is 0.327 e. The second-order valence-electron chi connectivity index (χ2n) is 8.49. The zero-order valence-electron chi connectivity index (χ0n) is 20.3. The minimum Gasteiger partial charge on any atom is -0.480 e. The summed E-state index contributed by atoms with van der Waals surface area (Å²) in [5, 5.41) is 17.0. The van der Waals surface area contributed by atoms with Crippen LogP contribution in [0, 0.1) is 0 Å². The van der Waals surface area contributed by atoms with E-state index in [4.69, 9.17) is 0 Å². The zero-order chi connectivity index (χ0) is 26.9. The number of hydrogen-bond donors (Lipinski definition) is 3. The Labute approximate surface area is 233 Å².